The Bertz CT molecular complexity index is 84.2. The van der Waals surface area contributed by atoms with E-state index < -0.39 is 0 Å². The Balaban J connectivity index is 2.13. The summed E-state index contributed by atoms with van der Waals surface area (Å²) in [5.41, 5.74) is 1.00. The SMILES string of the molecule is PC1CC2CC1C2. The molecule has 3 aliphatic carbocycles. The number of hydrogen-bond acceptors (Lipinski definition) is 0. The largest absolute Gasteiger partial charge is 0.134 e. The van der Waals surface area contributed by atoms with E-state index in [4.69, 9.17) is 0 Å². The van der Waals surface area contributed by atoms with Crippen LogP contribution in [-0.2, 0) is 0 Å². The van der Waals surface area contributed by atoms with E-state index in [0.29, 0.717) is 0 Å². The summed E-state index contributed by atoms with van der Waals surface area (Å²) in [6.45, 7) is 0. The van der Waals surface area contributed by atoms with Gasteiger partial charge in [0.15, 0.2) is 0 Å². The van der Waals surface area contributed by atoms with Gasteiger partial charge >= 0.3 is 0 Å². The zero-order valence-electron chi connectivity index (χ0n) is 4.43. The summed E-state index contributed by atoms with van der Waals surface area (Å²) in [5, 5.41) is 0. The predicted octanol–water partition coefficient (Wildman–Crippen LogP) is 1.66. The lowest BCUT2D eigenvalue weighted by molar-refractivity contribution is 0.306. The zero-order chi connectivity index (χ0) is 4.85. The van der Waals surface area contributed by atoms with Gasteiger partial charge in [0.1, 0.15) is 0 Å². The van der Waals surface area contributed by atoms with E-state index in [1.165, 1.54) is 6.42 Å². The monoisotopic (exact) mass is 114 g/mol. The van der Waals surface area contributed by atoms with Crippen LogP contribution in [-0.4, -0.2) is 5.66 Å². The molecule has 0 saturated heterocycles. The van der Waals surface area contributed by atoms with Gasteiger partial charge in [0, 0.05) is 0 Å². The molecule has 0 aliphatic heterocycles. The molecule has 3 fully saturated rings. The Hall–Kier alpha value is 0.430. The van der Waals surface area contributed by atoms with Gasteiger partial charge in [-0.2, -0.15) is 0 Å². The average Bonchev–Trinajstić information content (AvgIpc) is 1.85. The van der Waals surface area contributed by atoms with Gasteiger partial charge in [-0.15, -0.1) is 9.24 Å². The molecule has 0 N–H and O–H groups in total. The number of fused-ring (bicyclic) bond motifs is 1. The lowest BCUT2D eigenvalue weighted by Gasteiger charge is -2.22. The van der Waals surface area contributed by atoms with Crippen molar-refractivity contribution in [1.29, 1.82) is 0 Å². The molecule has 2 bridgehead atoms. The van der Waals surface area contributed by atoms with E-state index in [1.807, 2.05) is 0 Å². The molecule has 0 spiro atoms. The van der Waals surface area contributed by atoms with Crippen LogP contribution in [0.3, 0.4) is 0 Å². The van der Waals surface area contributed by atoms with Gasteiger partial charge in [-0.05, 0) is 36.8 Å². The summed E-state index contributed by atoms with van der Waals surface area (Å²) in [6, 6.07) is 0. The van der Waals surface area contributed by atoms with Crippen LogP contribution < -0.4 is 0 Å². The second-order valence-electron chi connectivity index (χ2n) is 3.00. The predicted molar refractivity (Wildman–Crippen MR) is 34.3 cm³/mol. The second-order valence-corrected chi connectivity index (χ2v) is 3.85. The van der Waals surface area contributed by atoms with Crippen LogP contribution >= 0.6 is 9.24 Å². The van der Waals surface area contributed by atoms with Crippen molar-refractivity contribution >= 4 is 9.24 Å². The molecule has 2 unspecified atom stereocenters. The van der Waals surface area contributed by atoms with E-state index in [-0.39, 0.29) is 0 Å². The van der Waals surface area contributed by atoms with Crippen molar-refractivity contribution in [1.82, 2.24) is 0 Å². The minimum Gasteiger partial charge on any atom is -0.134 e. The third-order valence-electron chi connectivity index (χ3n) is 2.48. The van der Waals surface area contributed by atoms with Crippen molar-refractivity contribution in [3.8, 4) is 0 Å². The van der Waals surface area contributed by atoms with E-state index in [9.17, 15) is 0 Å². The molecule has 0 heterocycles. The number of hydrogen-bond donors (Lipinski definition) is 0. The normalized spacial score (nSPS) is 57.0. The third kappa shape index (κ3) is 0.467. The standard InChI is InChI=1S/C6H11P/c7-6-3-4-1-5(6)2-4/h4-6H,1-3,7H2. The Morgan fingerprint density at radius 1 is 1.14 bits per heavy atom. The molecule has 0 nitrogen and oxygen atoms in total. The van der Waals surface area contributed by atoms with E-state index in [2.05, 4.69) is 9.24 Å². The van der Waals surface area contributed by atoms with Gasteiger partial charge in [-0.3, -0.25) is 0 Å². The van der Waals surface area contributed by atoms with Crippen molar-refractivity contribution in [3.63, 3.8) is 0 Å². The zero-order valence-corrected chi connectivity index (χ0v) is 5.59. The van der Waals surface area contributed by atoms with Crippen LogP contribution in [0.1, 0.15) is 19.3 Å². The summed E-state index contributed by atoms with van der Waals surface area (Å²) >= 11 is 0. The number of rotatable bonds is 0. The smallest absolute Gasteiger partial charge is 0.0233 e. The third-order valence-corrected chi connectivity index (χ3v) is 3.30. The van der Waals surface area contributed by atoms with Crippen LogP contribution in [0.5, 0.6) is 0 Å². The Morgan fingerprint density at radius 3 is 2.00 bits per heavy atom. The van der Waals surface area contributed by atoms with Crippen LogP contribution in [0.4, 0.5) is 0 Å². The maximum atomic E-state index is 2.95. The molecule has 40 valence electrons. The molecule has 0 amide bonds. The highest BCUT2D eigenvalue weighted by molar-refractivity contribution is 7.17. The molecule has 1 heteroatoms. The second kappa shape index (κ2) is 1.23. The summed E-state index contributed by atoms with van der Waals surface area (Å²) < 4.78 is 0. The fourth-order valence-electron chi connectivity index (χ4n) is 1.91. The van der Waals surface area contributed by atoms with Gasteiger partial charge in [0.05, 0.1) is 0 Å². The molecular weight excluding hydrogens is 103 g/mol. The van der Waals surface area contributed by atoms with Crippen LogP contribution in [0, 0.1) is 11.8 Å². The molecule has 3 saturated carbocycles. The highest BCUT2D eigenvalue weighted by atomic mass is 31.0. The quantitative estimate of drug-likeness (QED) is 0.420. The minimum absolute atomic E-state index is 1.00. The molecule has 0 aromatic rings. The summed E-state index contributed by atoms with van der Waals surface area (Å²) in [4.78, 5) is 0. The first kappa shape index (κ1) is 4.32. The fraction of sp³-hybridized carbons (Fsp3) is 1.00. The molecule has 0 radical (unpaired) electrons. The highest BCUT2D eigenvalue weighted by Crippen LogP contribution is 2.51. The van der Waals surface area contributed by atoms with Gasteiger partial charge < -0.3 is 0 Å². The van der Waals surface area contributed by atoms with E-state index in [0.717, 1.165) is 17.5 Å². The summed E-state index contributed by atoms with van der Waals surface area (Å²) in [6.07, 6.45) is 4.61. The minimum atomic E-state index is 1.00. The Labute approximate surface area is 46.9 Å². The Kier molecular flexibility index (Phi) is 0.758. The Morgan fingerprint density at radius 2 is 1.86 bits per heavy atom. The van der Waals surface area contributed by atoms with E-state index >= 15 is 0 Å². The van der Waals surface area contributed by atoms with E-state index in [1.54, 1.807) is 12.8 Å². The van der Waals surface area contributed by atoms with Gasteiger partial charge in [-0.1, -0.05) is 0 Å². The first-order valence-corrected chi connectivity index (χ1v) is 3.78. The average molecular weight is 114 g/mol. The van der Waals surface area contributed by atoms with Crippen molar-refractivity contribution < 1.29 is 0 Å². The van der Waals surface area contributed by atoms with Crippen LogP contribution in [0.2, 0.25) is 0 Å². The fourth-order valence-corrected chi connectivity index (χ4v) is 2.61. The molecule has 3 rings (SSSR count). The van der Waals surface area contributed by atoms with Crippen LogP contribution in [0.15, 0.2) is 0 Å². The topological polar surface area (TPSA) is 0 Å². The summed E-state index contributed by atoms with van der Waals surface area (Å²) in [7, 11) is 2.95. The maximum Gasteiger partial charge on any atom is -0.0233 e. The van der Waals surface area contributed by atoms with Gasteiger partial charge in [-0.25, -0.2) is 0 Å². The van der Waals surface area contributed by atoms with Gasteiger partial charge in [0.25, 0.3) is 0 Å². The lowest BCUT2D eigenvalue weighted by Crippen LogP contribution is -2.13. The maximum absolute atomic E-state index is 2.95. The molecule has 7 heavy (non-hydrogen) atoms. The molecule has 3 aliphatic rings. The molecule has 0 aromatic heterocycles. The lowest BCUT2D eigenvalue weighted by atomic mass is 9.85. The van der Waals surface area contributed by atoms with Crippen molar-refractivity contribution in [2.45, 2.75) is 24.9 Å². The first-order valence-electron chi connectivity index (χ1n) is 3.12. The molecular formula is C6H11P. The molecule has 0 aromatic carbocycles. The molecule has 2 atom stereocenters. The van der Waals surface area contributed by atoms with Crippen LogP contribution in [0.25, 0.3) is 0 Å². The van der Waals surface area contributed by atoms with Crippen molar-refractivity contribution in [2.24, 2.45) is 11.8 Å². The first-order chi connectivity index (χ1) is 3.36. The van der Waals surface area contributed by atoms with Crippen molar-refractivity contribution in [3.05, 3.63) is 0 Å². The van der Waals surface area contributed by atoms with Gasteiger partial charge in [0.2, 0.25) is 0 Å². The summed E-state index contributed by atoms with van der Waals surface area (Å²) in [5.74, 6) is 2.27. The highest BCUT2D eigenvalue weighted by Gasteiger charge is 2.41. The van der Waals surface area contributed by atoms with Crippen molar-refractivity contribution in [2.75, 3.05) is 0 Å².